The Balaban J connectivity index is 1.94. The molecule has 6 nitrogen and oxygen atoms in total. The van der Waals surface area contributed by atoms with E-state index in [4.69, 9.17) is 15.2 Å². The van der Waals surface area contributed by atoms with Crippen molar-refractivity contribution in [1.29, 1.82) is 0 Å². The van der Waals surface area contributed by atoms with E-state index in [9.17, 15) is 9.59 Å². The molecule has 0 bridgehead atoms. The van der Waals surface area contributed by atoms with Gasteiger partial charge in [0.15, 0.2) is 0 Å². The van der Waals surface area contributed by atoms with Gasteiger partial charge in [-0.05, 0) is 25.0 Å². The molecular formula is C19H20N2O4. The number of primary amides is 1. The fourth-order valence-corrected chi connectivity index (χ4v) is 2.46. The summed E-state index contributed by atoms with van der Waals surface area (Å²) in [4.78, 5) is 24.3. The van der Waals surface area contributed by atoms with Crippen LogP contribution in [0.5, 0.6) is 11.5 Å². The van der Waals surface area contributed by atoms with Crippen molar-refractivity contribution in [3.63, 3.8) is 0 Å². The van der Waals surface area contributed by atoms with Crippen LogP contribution in [-0.4, -0.2) is 25.0 Å². The maximum Gasteiger partial charge on any atom is 0.266 e. The standard InChI is InChI=1S/C19H20N2O4/c1-24-14-9-10-15(18(20)22)16(11-14)25-17(12-5-3-2-4-6-12)19(23)21-13-7-8-13/h2-6,9-11,13,17H,7-8H2,1H3,(H2,20,22)(H,21,23). The summed E-state index contributed by atoms with van der Waals surface area (Å²) in [6.45, 7) is 0. The topological polar surface area (TPSA) is 90.7 Å². The maximum atomic E-state index is 12.7. The predicted molar refractivity (Wildman–Crippen MR) is 92.5 cm³/mol. The number of amides is 2. The Morgan fingerprint density at radius 2 is 1.88 bits per heavy atom. The van der Waals surface area contributed by atoms with Crippen molar-refractivity contribution in [2.24, 2.45) is 5.73 Å². The number of hydrogen-bond acceptors (Lipinski definition) is 4. The van der Waals surface area contributed by atoms with E-state index in [2.05, 4.69) is 5.32 Å². The molecule has 1 aliphatic rings. The molecule has 0 aliphatic heterocycles. The van der Waals surface area contributed by atoms with Gasteiger partial charge in [-0.1, -0.05) is 30.3 Å². The highest BCUT2D eigenvalue weighted by Gasteiger charge is 2.30. The number of hydrogen-bond donors (Lipinski definition) is 2. The largest absolute Gasteiger partial charge is 0.497 e. The van der Waals surface area contributed by atoms with Gasteiger partial charge in [0.2, 0.25) is 6.10 Å². The van der Waals surface area contributed by atoms with E-state index in [0.717, 1.165) is 12.8 Å². The lowest BCUT2D eigenvalue weighted by Gasteiger charge is -2.20. The van der Waals surface area contributed by atoms with Crippen molar-refractivity contribution >= 4 is 11.8 Å². The second-order valence-corrected chi connectivity index (χ2v) is 5.92. The number of carbonyl (C=O) groups excluding carboxylic acids is 2. The first-order valence-electron chi connectivity index (χ1n) is 8.08. The van der Waals surface area contributed by atoms with Gasteiger partial charge < -0.3 is 20.5 Å². The minimum atomic E-state index is -0.882. The summed E-state index contributed by atoms with van der Waals surface area (Å²) >= 11 is 0. The molecular weight excluding hydrogens is 320 g/mol. The van der Waals surface area contributed by atoms with Crippen LogP contribution in [0.15, 0.2) is 48.5 Å². The monoisotopic (exact) mass is 340 g/mol. The van der Waals surface area contributed by atoms with Gasteiger partial charge in [-0.2, -0.15) is 0 Å². The summed E-state index contributed by atoms with van der Waals surface area (Å²) < 4.78 is 11.1. The molecule has 1 atom stereocenters. The Kier molecular flexibility index (Phi) is 4.88. The molecule has 1 aliphatic carbocycles. The molecule has 0 aromatic heterocycles. The molecule has 0 spiro atoms. The summed E-state index contributed by atoms with van der Waals surface area (Å²) in [7, 11) is 1.51. The smallest absolute Gasteiger partial charge is 0.266 e. The second kappa shape index (κ2) is 7.25. The van der Waals surface area contributed by atoms with Gasteiger partial charge in [0.25, 0.3) is 11.8 Å². The molecule has 3 N–H and O–H groups in total. The average Bonchev–Trinajstić information content (AvgIpc) is 3.43. The molecule has 0 heterocycles. The van der Waals surface area contributed by atoms with E-state index < -0.39 is 12.0 Å². The van der Waals surface area contributed by atoms with Gasteiger partial charge in [0.05, 0.1) is 12.7 Å². The normalized spacial score (nSPS) is 14.4. The lowest BCUT2D eigenvalue weighted by molar-refractivity contribution is -0.128. The number of nitrogens with one attached hydrogen (secondary N) is 1. The minimum absolute atomic E-state index is 0.195. The summed E-state index contributed by atoms with van der Waals surface area (Å²) in [5.74, 6) is -0.153. The lowest BCUT2D eigenvalue weighted by Crippen LogP contribution is -2.34. The van der Waals surface area contributed by atoms with Crippen LogP contribution in [0.4, 0.5) is 0 Å². The predicted octanol–water partition coefficient (Wildman–Crippen LogP) is 2.19. The third-order valence-electron chi connectivity index (χ3n) is 3.96. The molecule has 6 heteroatoms. The van der Waals surface area contributed by atoms with Crippen LogP contribution in [-0.2, 0) is 4.79 Å². The summed E-state index contributed by atoms with van der Waals surface area (Å²) in [6.07, 6.45) is 1.06. The van der Waals surface area contributed by atoms with Crippen molar-refractivity contribution in [3.05, 3.63) is 59.7 Å². The SMILES string of the molecule is COc1ccc(C(N)=O)c(OC(C(=O)NC2CC2)c2ccccc2)c1. The molecule has 0 saturated heterocycles. The lowest BCUT2D eigenvalue weighted by atomic mass is 10.1. The van der Waals surface area contributed by atoms with Crippen LogP contribution < -0.4 is 20.5 Å². The highest BCUT2D eigenvalue weighted by Crippen LogP contribution is 2.30. The highest BCUT2D eigenvalue weighted by atomic mass is 16.5. The van der Waals surface area contributed by atoms with E-state index >= 15 is 0 Å². The molecule has 1 saturated carbocycles. The molecule has 1 fully saturated rings. The maximum absolute atomic E-state index is 12.7. The van der Waals surface area contributed by atoms with E-state index in [1.165, 1.54) is 13.2 Å². The Labute approximate surface area is 145 Å². The zero-order chi connectivity index (χ0) is 17.8. The van der Waals surface area contributed by atoms with Crippen LogP contribution in [0.25, 0.3) is 0 Å². The molecule has 2 amide bonds. The van der Waals surface area contributed by atoms with Gasteiger partial charge in [0.1, 0.15) is 11.5 Å². The van der Waals surface area contributed by atoms with E-state index in [1.54, 1.807) is 24.3 Å². The average molecular weight is 340 g/mol. The van der Waals surface area contributed by atoms with E-state index in [0.29, 0.717) is 11.3 Å². The number of nitrogens with two attached hydrogens (primary N) is 1. The zero-order valence-corrected chi connectivity index (χ0v) is 13.9. The Morgan fingerprint density at radius 1 is 1.16 bits per heavy atom. The fourth-order valence-electron chi connectivity index (χ4n) is 2.46. The Bertz CT molecular complexity index is 772. The second-order valence-electron chi connectivity index (χ2n) is 5.92. The van der Waals surface area contributed by atoms with Crippen LogP contribution >= 0.6 is 0 Å². The van der Waals surface area contributed by atoms with Crippen molar-refractivity contribution < 1.29 is 19.1 Å². The molecule has 130 valence electrons. The number of carbonyl (C=O) groups is 2. The summed E-state index contributed by atoms with van der Waals surface area (Å²) in [5.41, 5.74) is 6.32. The summed E-state index contributed by atoms with van der Waals surface area (Å²) in [5, 5.41) is 2.94. The molecule has 0 radical (unpaired) electrons. The molecule has 2 aromatic rings. The zero-order valence-electron chi connectivity index (χ0n) is 13.9. The number of ether oxygens (including phenoxy) is 2. The first-order valence-corrected chi connectivity index (χ1v) is 8.08. The molecule has 3 rings (SSSR count). The third kappa shape index (κ3) is 4.09. The highest BCUT2D eigenvalue weighted by molar-refractivity contribution is 5.96. The van der Waals surface area contributed by atoms with Gasteiger partial charge in [-0.3, -0.25) is 9.59 Å². The van der Waals surface area contributed by atoms with Crippen molar-refractivity contribution in [2.45, 2.75) is 25.0 Å². The Morgan fingerprint density at radius 3 is 2.48 bits per heavy atom. The molecule has 25 heavy (non-hydrogen) atoms. The number of rotatable bonds is 7. The van der Waals surface area contributed by atoms with Crippen LogP contribution in [0.1, 0.15) is 34.9 Å². The Hall–Kier alpha value is -3.02. The minimum Gasteiger partial charge on any atom is -0.497 e. The van der Waals surface area contributed by atoms with Gasteiger partial charge in [0, 0.05) is 17.7 Å². The van der Waals surface area contributed by atoms with Gasteiger partial charge >= 0.3 is 0 Å². The van der Waals surface area contributed by atoms with Crippen LogP contribution in [0.3, 0.4) is 0 Å². The van der Waals surface area contributed by atoms with Crippen molar-refractivity contribution in [2.75, 3.05) is 7.11 Å². The van der Waals surface area contributed by atoms with E-state index in [-0.39, 0.29) is 23.3 Å². The molecule has 1 unspecified atom stereocenters. The van der Waals surface area contributed by atoms with E-state index in [1.807, 2.05) is 18.2 Å². The van der Waals surface area contributed by atoms with Crippen LogP contribution in [0, 0.1) is 0 Å². The third-order valence-corrected chi connectivity index (χ3v) is 3.96. The fraction of sp³-hybridized carbons (Fsp3) is 0.263. The first kappa shape index (κ1) is 16.8. The quantitative estimate of drug-likeness (QED) is 0.808. The number of benzene rings is 2. The molecule has 2 aromatic carbocycles. The van der Waals surface area contributed by atoms with Gasteiger partial charge in [-0.15, -0.1) is 0 Å². The van der Waals surface area contributed by atoms with Crippen molar-refractivity contribution in [3.8, 4) is 11.5 Å². The van der Waals surface area contributed by atoms with Gasteiger partial charge in [-0.25, -0.2) is 0 Å². The summed E-state index contributed by atoms with van der Waals surface area (Å²) in [6, 6.07) is 14.0. The first-order chi connectivity index (χ1) is 12.1. The van der Waals surface area contributed by atoms with Crippen LogP contribution in [0.2, 0.25) is 0 Å². The number of methoxy groups -OCH3 is 1. The van der Waals surface area contributed by atoms with Crippen molar-refractivity contribution in [1.82, 2.24) is 5.32 Å².